The summed E-state index contributed by atoms with van der Waals surface area (Å²) >= 11 is 0. The van der Waals surface area contributed by atoms with E-state index in [0.717, 1.165) is 12.8 Å². The molecule has 1 aliphatic heterocycles. The Hall–Kier alpha value is -0.570. The van der Waals surface area contributed by atoms with Gasteiger partial charge in [-0.05, 0) is 25.2 Å². The van der Waals surface area contributed by atoms with Crippen molar-refractivity contribution in [3.8, 4) is 0 Å². The third-order valence-corrected chi connectivity index (χ3v) is 5.14. The van der Waals surface area contributed by atoms with Crippen molar-refractivity contribution in [3.63, 3.8) is 0 Å². The number of carboxylic acid groups (broad SMARTS) is 1. The fourth-order valence-electron chi connectivity index (χ4n) is 3.20. The predicted molar refractivity (Wildman–Crippen MR) is 63.4 cm³/mol. The molecule has 3 atom stereocenters. The Balaban J connectivity index is 3.31. The van der Waals surface area contributed by atoms with Crippen LogP contribution in [0.2, 0.25) is 0 Å². The zero-order valence-corrected chi connectivity index (χ0v) is 11.3. The minimum atomic E-state index is -1.08. The smallest absolute Gasteiger partial charge is 0.336 e. The Morgan fingerprint density at radius 1 is 1.25 bits per heavy atom. The highest BCUT2D eigenvalue weighted by molar-refractivity contribution is 5.79. The van der Waals surface area contributed by atoms with Crippen LogP contribution >= 0.6 is 0 Å². The fraction of sp³-hybridized carbons (Fsp3) is 0.923. The average Bonchev–Trinajstić information content (AvgIpc) is 2.37. The van der Waals surface area contributed by atoms with E-state index in [2.05, 4.69) is 20.8 Å². The topological polar surface area (TPSA) is 46.5 Å². The average molecular weight is 228 g/mol. The van der Waals surface area contributed by atoms with Gasteiger partial charge in [-0.1, -0.05) is 34.6 Å². The minimum absolute atomic E-state index is 0.0125. The van der Waals surface area contributed by atoms with Crippen molar-refractivity contribution in [2.75, 3.05) is 0 Å². The Morgan fingerprint density at radius 2 is 1.75 bits per heavy atom. The quantitative estimate of drug-likeness (QED) is 0.807. The second-order valence-electron chi connectivity index (χ2n) is 5.76. The van der Waals surface area contributed by atoms with E-state index in [9.17, 15) is 9.90 Å². The molecule has 1 rings (SSSR count). The van der Waals surface area contributed by atoms with Crippen LogP contribution in [0.15, 0.2) is 0 Å². The van der Waals surface area contributed by atoms with Crippen LogP contribution in [-0.4, -0.2) is 22.8 Å². The Labute approximate surface area is 98.2 Å². The van der Waals surface area contributed by atoms with Crippen molar-refractivity contribution in [3.05, 3.63) is 0 Å². The van der Waals surface area contributed by atoms with Crippen molar-refractivity contribution < 1.29 is 14.6 Å². The van der Waals surface area contributed by atoms with Crippen molar-refractivity contribution in [2.45, 2.75) is 66.1 Å². The molecule has 0 bridgehead atoms. The lowest BCUT2D eigenvalue weighted by Gasteiger charge is -2.44. The number of carboxylic acids is 1. The first-order valence-corrected chi connectivity index (χ1v) is 6.08. The summed E-state index contributed by atoms with van der Waals surface area (Å²) in [5.74, 6) is -0.846. The van der Waals surface area contributed by atoms with Gasteiger partial charge in [-0.3, -0.25) is 0 Å². The van der Waals surface area contributed by atoms with Crippen LogP contribution in [0.25, 0.3) is 0 Å². The molecule has 1 aliphatic rings. The molecule has 1 N–H and O–H groups in total. The summed E-state index contributed by atoms with van der Waals surface area (Å²) in [7, 11) is 0. The number of aliphatic carboxylic acids is 1. The van der Waals surface area contributed by atoms with Crippen molar-refractivity contribution in [2.24, 2.45) is 10.8 Å². The lowest BCUT2D eigenvalue weighted by atomic mass is 9.57. The molecule has 1 fully saturated rings. The lowest BCUT2D eigenvalue weighted by Crippen LogP contribution is -2.52. The van der Waals surface area contributed by atoms with Gasteiger partial charge in [0.25, 0.3) is 0 Å². The molecule has 3 heteroatoms. The molecule has 0 aromatic carbocycles. The van der Waals surface area contributed by atoms with Gasteiger partial charge in [-0.25, -0.2) is 4.79 Å². The normalized spacial score (nSPS) is 42.2. The first kappa shape index (κ1) is 13.5. The summed E-state index contributed by atoms with van der Waals surface area (Å²) in [4.78, 5) is 11.5. The molecule has 94 valence electrons. The first-order valence-electron chi connectivity index (χ1n) is 6.08. The molecule has 1 saturated heterocycles. The van der Waals surface area contributed by atoms with Gasteiger partial charge in [-0.2, -0.15) is 0 Å². The van der Waals surface area contributed by atoms with Gasteiger partial charge in [0.2, 0.25) is 0 Å². The van der Waals surface area contributed by atoms with E-state index in [0.29, 0.717) is 0 Å². The maximum absolute atomic E-state index is 11.5. The Morgan fingerprint density at radius 3 is 2.00 bits per heavy atom. The van der Waals surface area contributed by atoms with Gasteiger partial charge in [0, 0.05) is 5.41 Å². The van der Waals surface area contributed by atoms with Gasteiger partial charge in [0.15, 0.2) is 5.60 Å². The Bertz CT molecular complexity index is 298. The van der Waals surface area contributed by atoms with Crippen LogP contribution in [0.4, 0.5) is 0 Å². The second-order valence-corrected chi connectivity index (χ2v) is 5.76. The van der Waals surface area contributed by atoms with Crippen LogP contribution in [0, 0.1) is 10.8 Å². The molecule has 16 heavy (non-hydrogen) atoms. The molecule has 0 saturated carbocycles. The maximum Gasteiger partial charge on any atom is 0.336 e. The summed E-state index contributed by atoms with van der Waals surface area (Å²) in [6.07, 6.45) is 1.67. The molecule has 0 aromatic heterocycles. The van der Waals surface area contributed by atoms with E-state index in [1.54, 1.807) is 6.92 Å². The van der Waals surface area contributed by atoms with Gasteiger partial charge >= 0.3 is 5.97 Å². The van der Waals surface area contributed by atoms with Gasteiger partial charge in [0.05, 0.1) is 6.10 Å². The fourth-order valence-corrected chi connectivity index (χ4v) is 3.20. The standard InChI is InChI=1S/C13H24O3/c1-7-9-11(3,4)12(5,8-2)13(6,16-9)10(14)15/h9H,7-8H2,1-6H3,(H,14,15). The lowest BCUT2D eigenvalue weighted by molar-refractivity contribution is -0.171. The predicted octanol–water partition coefficient (Wildman–Crippen LogP) is 3.08. The molecule has 1 heterocycles. The van der Waals surface area contributed by atoms with Crippen LogP contribution < -0.4 is 0 Å². The number of carbonyl (C=O) groups is 1. The molecular formula is C13H24O3. The summed E-state index contributed by atoms with van der Waals surface area (Å²) in [5.41, 5.74) is -1.54. The molecule has 0 amide bonds. The largest absolute Gasteiger partial charge is 0.479 e. The van der Waals surface area contributed by atoms with Crippen LogP contribution in [0.5, 0.6) is 0 Å². The van der Waals surface area contributed by atoms with E-state index in [4.69, 9.17) is 4.74 Å². The third-order valence-electron chi connectivity index (χ3n) is 5.14. The molecule has 0 aliphatic carbocycles. The van der Waals surface area contributed by atoms with Gasteiger partial charge < -0.3 is 9.84 Å². The number of ether oxygens (including phenoxy) is 1. The van der Waals surface area contributed by atoms with Crippen molar-refractivity contribution in [1.82, 2.24) is 0 Å². The van der Waals surface area contributed by atoms with E-state index < -0.39 is 11.6 Å². The highest BCUT2D eigenvalue weighted by atomic mass is 16.5. The monoisotopic (exact) mass is 228 g/mol. The summed E-state index contributed by atoms with van der Waals surface area (Å²) < 4.78 is 5.88. The number of hydrogen-bond acceptors (Lipinski definition) is 2. The zero-order chi connectivity index (χ0) is 12.8. The highest BCUT2D eigenvalue weighted by Crippen LogP contribution is 2.60. The molecule has 3 unspecified atom stereocenters. The number of hydrogen-bond donors (Lipinski definition) is 1. The van der Waals surface area contributed by atoms with Gasteiger partial charge in [0.1, 0.15) is 0 Å². The van der Waals surface area contributed by atoms with Crippen molar-refractivity contribution in [1.29, 1.82) is 0 Å². The molecule has 0 aromatic rings. The van der Waals surface area contributed by atoms with Crippen LogP contribution in [-0.2, 0) is 9.53 Å². The maximum atomic E-state index is 11.5. The Kier molecular flexibility index (Phi) is 3.14. The molecule has 3 nitrogen and oxygen atoms in total. The highest BCUT2D eigenvalue weighted by Gasteiger charge is 2.66. The first-order chi connectivity index (χ1) is 7.17. The van der Waals surface area contributed by atoms with E-state index in [-0.39, 0.29) is 16.9 Å². The second kappa shape index (κ2) is 3.73. The van der Waals surface area contributed by atoms with E-state index >= 15 is 0 Å². The van der Waals surface area contributed by atoms with Crippen LogP contribution in [0.1, 0.15) is 54.4 Å². The number of rotatable bonds is 3. The van der Waals surface area contributed by atoms with Gasteiger partial charge in [-0.15, -0.1) is 0 Å². The van der Waals surface area contributed by atoms with E-state index in [1.165, 1.54) is 0 Å². The summed E-state index contributed by atoms with van der Waals surface area (Å²) in [5, 5.41) is 9.46. The van der Waals surface area contributed by atoms with Crippen LogP contribution in [0.3, 0.4) is 0 Å². The molecule has 0 radical (unpaired) electrons. The van der Waals surface area contributed by atoms with Crippen molar-refractivity contribution >= 4 is 5.97 Å². The summed E-state index contributed by atoms with van der Waals surface area (Å²) in [6.45, 7) is 12.1. The molecule has 0 spiro atoms. The molecular weight excluding hydrogens is 204 g/mol. The summed E-state index contributed by atoms with van der Waals surface area (Å²) in [6, 6.07) is 0. The zero-order valence-electron chi connectivity index (χ0n) is 11.3. The third kappa shape index (κ3) is 1.33. The van der Waals surface area contributed by atoms with E-state index in [1.807, 2.05) is 13.8 Å². The SMILES string of the molecule is CCC1OC(C)(C(=O)O)C(C)(CC)C1(C)C. The minimum Gasteiger partial charge on any atom is -0.479 e.